The van der Waals surface area contributed by atoms with E-state index >= 15 is 0 Å². The summed E-state index contributed by atoms with van der Waals surface area (Å²) in [7, 11) is 1.65. The van der Waals surface area contributed by atoms with Crippen LogP contribution in [0.2, 0.25) is 5.02 Å². The fourth-order valence-electron chi connectivity index (χ4n) is 2.73. The van der Waals surface area contributed by atoms with Gasteiger partial charge in [0.25, 0.3) is 5.91 Å². The number of hydrogen-bond acceptors (Lipinski definition) is 5. The first-order chi connectivity index (χ1) is 11.0. The third-order valence-electron chi connectivity index (χ3n) is 3.89. The number of rotatable bonds is 3. The normalized spacial score (nSPS) is 23.7. The molecule has 0 spiro atoms. The van der Waals surface area contributed by atoms with E-state index in [9.17, 15) is 9.59 Å². The lowest BCUT2D eigenvalue weighted by Crippen LogP contribution is -2.63. The van der Waals surface area contributed by atoms with Crippen molar-refractivity contribution in [2.45, 2.75) is 25.7 Å². The summed E-state index contributed by atoms with van der Waals surface area (Å²) in [5.74, 6) is 0.511. The van der Waals surface area contributed by atoms with Crippen LogP contribution in [-0.4, -0.2) is 51.9 Å². The molecular weight excluding hydrogens is 336 g/mol. The Morgan fingerprint density at radius 2 is 2.09 bits per heavy atom. The number of halogens is 1. The van der Waals surface area contributed by atoms with E-state index in [2.05, 4.69) is 10.3 Å². The minimum absolute atomic E-state index is 0.319. The smallest absolute Gasteiger partial charge is 0.325 e. The van der Waals surface area contributed by atoms with Gasteiger partial charge in [-0.2, -0.15) is 0 Å². The maximum atomic E-state index is 12.4. The fraction of sp³-hybridized carbons (Fsp3) is 0.400. The van der Waals surface area contributed by atoms with Crippen molar-refractivity contribution in [3.63, 3.8) is 0 Å². The SMILES string of the molecule is CCSC1=NC2C(C(=O)NC(=O)N2C)N1Cc1ccccc1Cl. The third-order valence-corrected chi connectivity index (χ3v) is 5.15. The van der Waals surface area contributed by atoms with Gasteiger partial charge in [0.1, 0.15) is 0 Å². The Morgan fingerprint density at radius 1 is 1.35 bits per heavy atom. The summed E-state index contributed by atoms with van der Waals surface area (Å²) in [6.45, 7) is 2.50. The minimum Gasteiger partial charge on any atom is -0.331 e. The van der Waals surface area contributed by atoms with Crippen molar-refractivity contribution < 1.29 is 9.59 Å². The molecule has 2 heterocycles. The highest BCUT2D eigenvalue weighted by molar-refractivity contribution is 8.13. The van der Waals surface area contributed by atoms with Crippen LogP contribution in [0.15, 0.2) is 29.3 Å². The molecule has 3 amide bonds. The van der Waals surface area contributed by atoms with Crippen molar-refractivity contribution in [1.82, 2.24) is 15.1 Å². The van der Waals surface area contributed by atoms with Gasteiger partial charge in [0.15, 0.2) is 17.4 Å². The first-order valence-corrected chi connectivity index (χ1v) is 8.67. The van der Waals surface area contributed by atoms with E-state index in [1.807, 2.05) is 36.1 Å². The Balaban J connectivity index is 1.93. The number of nitrogens with zero attached hydrogens (tertiary/aromatic N) is 3. The minimum atomic E-state index is -0.525. The van der Waals surface area contributed by atoms with Crippen LogP contribution in [0.5, 0.6) is 0 Å². The topological polar surface area (TPSA) is 65.0 Å². The van der Waals surface area contributed by atoms with Crippen LogP contribution in [0.3, 0.4) is 0 Å². The Bertz CT molecular complexity index is 681. The van der Waals surface area contributed by atoms with Crippen LogP contribution >= 0.6 is 23.4 Å². The Hall–Kier alpha value is -1.73. The van der Waals surface area contributed by atoms with Crippen molar-refractivity contribution in [2.75, 3.05) is 12.8 Å². The number of aliphatic imine (C=N–C) groups is 1. The van der Waals surface area contributed by atoms with Gasteiger partial charge in [-0.05, 0) is 17.4 Å². The molecule has 1 saturated heterocycles. The summed E-state index contributed by atoms with van der Waals surface area (Å²) in [4.78, 5) is 32.2. The molecule has 0 bridgehead atoms. The number of hydrogen-bond donors (Lipinski definition) is 1. The van der Waals surface area contributed by atoms with E-state index in [0.29, 0.717) is 11.6 Å². The molecule has 1 fully saturated rings. The van der Waals surface area contributed by atoms with Crippen molar-refractivity contribution in [3.8, 4) is 0 Å². The van der Waals surface area contributed by atoms with Crippen molar-refractivity contribution in [3.05, 3.63) is 34.9 Å². The molecule has 1 N–H and O–H groups in total. The standard InChI is InChI=1S/C15H17ClN4O2S/c1-3-23-15-17-12-11(13(21)18-14(22)19(12)2)20(15)8-9-6-4-5-7-10(9)16/h4-7,11-12H,3,8H2,1-2H3,(H,18,21,22). The van der Waals surface area contributed by atoms with Gasteiger partial charge in [0.2, 0.25) is 0 Å². The zero-order chi connectivity index (χ0) is 16.6. The van der Waals surface area contributed by atoms with E-state index in [-0.39, 0.29) is 5.91 Å². The number of fused-ring (bicyclic) bond motifs is 1. The van der Waals surface area contributed by atoms with Crippen LogP contribution in [0, 0.1) is 0 Å². The second-order valence-corrected chi connectivity index (χ2v) is 6.97. The molecule has 0 saturated carbocycles. The molecule has 8 heteroatoms. The number of urea groups is 1. The number of amidine groups is 1. The molecule has 3 rings (SSSR count). The number of imide groups is 1. The number of thioether (sulfide) groups is 1. The first-order valence-electron chi connectivity index (χ1n) is 7.31. The summed E-state index contributed by atoms with van der Waals surface area (Å²) in [6, 6.07) is 6.59. The largest absolute Gasteiger partial charge is 0.331 e. The summed E-state index contributed by atoms with van der Waals surface area (Å²) < 4.78 is 0. The molecule has 0 aliphatic carbocycles. The zero-order valence-corrected chi connectivity index (χ0v) is 14.4. The lowest BCUT2D eigenvalue weighted by Gasteiger charge is -2.36. The van der Waals surface area contributed by atoms with Gasteiger partial charge in [-0.1, -0.05) is 48.5 Å². The second kappa shape index (κ2) is 6.41. The van der Waals surface area contributed by atoms with Crippen molar-refractivity contribution >= 4 is 40.5 Å². The summed E-state index contributed by atoms with van der Waals surface area (Å²) >= 11 is 7.81. The van der Waals surface area contributed by atoms with Crippen LogP contribution in [0.25, 0.3) is 0 Å². The van der Waals surface area contributed by atoms with Crippen molar-refractivity contribution in [1.29, 1.82) is 0 Å². The van der Waals surface area contributed by atoms with Gasteiger partial charge in [-0.3, -0.25) is 10.1 Å². The Labute approximate surface area is 143 Å². The van der Waals surface area contributed by atoms with Gasteiger partial charge >= 0.3 is 6.03 Å². The molecule has 1 aromatic rings. The van der Waals surface area contributed by atoms with Crippen LogP contribution in [-0.2, 0) is 11.3 Å². The lowest BCUT2D eigenvalue weighted by molar-refractivity contribution is -0.127. The van der Waals surface area contributed by atoms with Gasteiger partial charge in [-0.15, -0.1) is 0 Å². The number of carbonyl (C=O) groups excluding carboxylic acids is 2. The van der Waals surface area contributed by atoms with Gasteiger partial charge in [-0.25, -0.2) is 9.79 Å². The Morgan fingerprint density at radius 3 is 2.78 bits per heavy atom. The van der Waals surface area contributed by atoms with Crippen LogP contribution in [0.4, 0.5) is 4.79 Å². The summed E-state index contributed by atoms with van der Waals surface area (Å²) in [5, 5.41) is 3.80. The highest BCUT2D eigenvalue weighted by Gasteiger charge is 2.48. The first kappa shape index (κ1) is 16.1. The van der Waals surface area contributed by atoms with Gasteiger partial charge in [0, 0.05) is 18.6 Å². The molecular formula is C15H17ClN4O2S. The number of likely N-dealkylation sites (N-methyl/N-ethyl adjacent to an activating group) is 1. The van der Waals surface area contributed by atoms with E-state index in [4.69, 9.17) is 11.6 Å². The van der Waals surface area contributed by atoms with Gasteiger partial charge in [0.05, 0.1) is 0 Å². The maximum Gasteiger partial charge on any atom is 0.325 e. The van der Waals surface area contributed by atoms with E-state index < -0.39 is 18.2 Å². The maximum absolute atomic E-state index is 12.4. The molecule has 23 heavy (non-hydrogen) atoms. The number of nitrogens with one attached hydrogen (secondary N) is 1. The summed E-state index contributed by atoms with van der Waals surface area (Å²) in [5.41, 5.74) is 0.923. The molecule has 2 aliphatic rings. The molecule has 0 radical (unpaired) electrons. The van der Waals surface area contributed by atoms with Gasteiger partial charge < -0.3 is 9.80 Å². The average molecular weight is 353 g/mol. The molecule has 1 aromatic carbocycles. The molecule has 0 aromatic heterocycles. The molecule has 2 atom stereocenters. The molecule has 2 unspecified atom stereocenters. The Kier molecular flexibility index (Phi) is 4.50. The molecule has 6 nitrogen and oxygen atoms in total. The summed E-state index contributed by atoms with van der Waals surface area (Å²) in [6.07, 6.45) is -0.493. The molecule has 122 valence electrons. The monoisotopic (exact) mass is 352 g/mol. The average Bonchev–Trinajstić information content (AvgIpc) is 2.87. The predicted octanol–water partition coefficient (Wildman–Crippen LogP) is 2.14. The van der Waals surface area contributed by atoms with Crippen LogP contribution in [0.1, 0.15) is 12.5 Å². The number of amides is 3. The predicted molar refractivity (Wildman–Crippen MR) is 91.4 cm³/mol. The highest BCUT2D eigenvalue weighted by Crippen LogP contribution is 2.31. The quantitative estimate of drug-likeness (QED) is 0.905. The third kappa shape index (κ3) is 2.90. The number of carbonyl (C=O) groups is 2. The highest BCUT2D eigenvalue weighted by atomic mass is 35.5. The molecule has 2 aliphatic heterocycles. The van der Waals surface area contributed by atoms with E-state index in [1.165, 1.54) is 4.90 Å². The van der Waals surface area contributed by atoms with E-state index in [0.717, 1.165) is 16.5 Å². The zero-order valence-electron chi connectivity index (χ0n) is 12.8. The lowest BCUT2D eigenvalue weighted by atomic mass is 10.1. The van der Waals surface area contributed by atoms with Crippen molar-refractivity contribution in [2.24, 2.45) is 4.99 Å². The number of benzene rings is 1. The van der Waals surface area contributed by atoms with E-state index in [1.54, 1.807) is 18.8 Å². The fourth-order valence-corrected chi connectivity index (χ4v) is 3.71. The second-order valence-electron chi connectivity index (χ2n) is 5.33. The van der Waals surface area contributed by atoms with Crippen LogP contribution < -0.4 is 5.32 Å².